The molecule has 2 N–H and O–H groups in total. The molecule has 0 amide bonds. The summed E-state index contributed by atoms with van der Waals surface area (Å²) in [4.78, 5) is 9.93. The highest BCUT2D eigenvalue weighted by atomic mass is 127. The van der Waals surface area contributed by atoms with Gasteiger partial charge in [0, 0.05) is 38.3 Å². The van der Waals surface area contributed by atoms with Gasteiger partial charge >= 0.3 is 0 Å². The monoisotopic (exact) mass is 481 g/mol. The number of likely N-dealkylation sites (N-methyl/N-ethyl adjacent to an activating group) is 1. The molecule has 2 unspecified atom stereocenters. The molecule has 6 nitrogen and oxygen atoms in total. The molecular weight excluding hydrogens is 441 g/mol. The molecule has 0 aromatic heterocycles. The summed E-state index contributed by atoms with van der Waals surface area (Å²) in [5.41, 5.74) is 0. The minimum absolute atomic E-state index is 0. The molecule has 2 heterocycles. The summed E-state index contributed by atoms with van der Waals surface area (Å²) in [6.45, 7) is 14.5. The number of rotatable bonds is 8. The third-order valence-corrected chi connectivity index (χ3v) is 5.29. The molecule has 0 aromatic rings. The normalized spacial score (nSPS) is 23.7. The summed E-state index contributed by atoms with van der Waals surface area (Å²) in [5, 5.41) is 6.97. The topological polar surface area (TPSA) is 52.1 Å². The largest absolute Gasteiger partial charge is 0.379 e. The second-order valence-corrected chi connectivity index (χ2v) is 7.81. The van der Waals surface area contributed by atoms with Crippen molar-refractivity contribution < 1.29 is 4.74 Å². The molecule has 0 bridgehead atoms. The van der Waals surface area contributed by atoms with Crippen molar-refractivity contribution in [3.05, 3.63) is 0 Å². The lowest BCUT2D eigenvalue weighted by atomic mass is 10.0. The molecule has 154 valence electrons. The molecule has 0 spiro atoms. The Morgan fingerprint density at radius 1 is 1.19 bits per heavy atom. The number of morpholine rings is 1. The highest BCUT2D eigenvalue weighted by Crippen LogP contribution is 2.15. The minimum atomic E-state index is 0. The van der Waals surface area contributed by atoms with Crippen LogP contribution >= 0.6 is 24.0 Å². The number of hydrogen-bond donors (Lipinski definition) is 2. The molecule has 7 heteroatoms. The average molecular weight is 481 g/mol. The summed E-state index contributed by atoms with van der Waals surface area (Å²) in [6.07, 6.45) is 3.78. The van der Waals surface area contributed by atoms with Gasteiger partial charge in [-0.1, -0.05) is 13.8 Å². The third-order valence-electron chi connectivity index (χ3n) is 5.29. The molecule has 2 fully saturated rings. The Morgan fingerprint density at radius 2 is 1.92 bits per heavy atom. The summed E-state index contributed by atoms with van der Waals surface area (Å²) in [6, 6.07) is 1.14. The van der Waals surface area contributed by atoms with Gasteiger partial charge in [0.25, 0.3) is 0 Å². The van der Waals surface area contributed by atoms with E-state index in [1.54, 1.807) is 0 Å². The lowest BCUT2D eigenvalue weighted by molar-refractivity contribution is 0.0143. The average Bonchev–Trinajstić information content (AvgIpc) is 3.01. The summed E-state index contributed by atoms with van der Waals surface area (Å²) >= 11 is 0. The molecular formula is C19H40IN5O. The first-order valence-electron chi connectivity index (χ1n) is 10.1. The van der Waals surface area contributed by atoms with Gasteiger partial charge in [0.1, 0.15) is 0 Å². The Balaban J connectivity index is 0.00000338. The van der Waals surface area contributed by atoms with Gasteiger partial charge in [0.05, 0.1) is 19.8 Å². The maximum Gasteiger partial charge on any atom is 0.191 e. The standard InChI is InChI=1S/C19H39N5O.HI/c1-5-20-19(21-14-17-7-6-8-23(17)4)22-15-18(13-16(2)3)24-9-11-25-12-10-24;/h16-18H,5-15H2,1-4H3,(H2,20,21,22);1H. The van der Waals surface area contributed by atoms with Gasteiger partial charge in [0.2, 0.25) is 0 Å². The van der Waals surface area contributed by atoms with Crippen molar-refractivity contribution in [3.63, 3.8) is 0 Å². The van der Waals surface area contributed by atoms with Gasteiger partial charge in [-0.2, -0.15) is 0 Å². The number of ether oxygens (including phenoxy) is 1. The predicted octanol–water partition coefficient (Wildman–Crippen LogP) is 2.00. The van der Waals surface area contributed by atoms with Gasteiger partial charge < -0.3 is 20.3 Å². The minimum Gasteiger partial charge on any atom is -0.379 e. The maximum absolute atomic E-state index is 5.52. The lowest BCUT2D eigenvalue weighted by Gasteiger charge is -2.34. The zero-order chi connectivity index (χ0) is 18.1. The van der Waals surface area contributed by atoms with Gasteiger partial charge in [0.15, 0.2) is 5.96 Å². The first-order valence-corrected chi connectivity index (χ1v) is 10.1. The van der Waals surface area contributed by atoms with Crippen LogP contribution in [0.5, 0.6) is 0 Å². The fourth-order valence-electron chi connectivity index (χ4n) is 3.82. The van der Waals surface area contributed by atoms with E-state index in [1.165, 1.54) is 25.8 Å². The van der Waals surface area contributed by atoms with Crippen LogP contribution < -0.4 is 10.6 Å². The van der Waals surface area contributed by atoms with E-state index >= 15 is 0 Å². The van der Waals surface area contributed by atoms with Crippen molar-refractivity contribution in [1.29, 1.82) is 0 Å². The lowest BCUT2D eigenvalue weighted by Crippen LogP contribution is -2.47. The number of guanidine groups is 1. The van der Waals surface area contributed by atoms with Crippen LogP contribution in [0.3, 0.4) is 0 Å². The van der Waals surface area contributed by atoms with E-state index < -0.39 is 0 Å². The molecule has 0 aliphatic carbocycles. The second kappa shape index (κ2) is 13.1. The smallest absolute Gasteiger partial charge is 0.191 e. The van der Waals surface area contributed by atoms with Crippen LogP contribution in [0.15, 0.2) is 4.99 Å². The Labute approximate surface area is 177 Å². The van der Waals surface area contributed by atoms with Crippen LogP contribution in [0.25, 0.3) is 0 Å². The Hall–Kier alpha value is -0.120. The Bertz CT molecular complexity index is 401. The van der Waals surface area contributed by atoms with Crippen molar-refractivity contribution in [2.75, 3.05) is 59.5 Å². The predicted molar refractivity (Wildman–Crippen MR) is 121 cm³/mol. The van der Waals surface area contributed by atoms with Crippen molar-refractivity contribution in [2.45, 2.75) is 52.1 Å². The molecule has 0 saturated carbocycles. The SMILES string of the molecule is CCNC(=NCC(CC(C)C)N1CCOCC1)NCC1CCCN1C.I. The number of hydrogen-bond acceptors (Lipinski definition) is 4. The van der Waals surface area contributed by atoms with Crippen LogP contribution in [0.1, 0.15) is 40.0 Å². The number of nitrogens with zero attached hydrogens (tertiary/aromatic N) is 3. The van der Waals surface area contributed by atoms with Crippen LogP contribution in [-0.2, 0) is 4.74 Å². The van der Waals surface area contributed by atoms with E-state index in [9.17, 15) is 0 Å². The highest BCUT2D eigenvalue weighted by Gasteiger charge is 2.23. The Kier molecular flexibility index (Phi) is 12.1. The van der Waals surface area contributed by atoms with Gasteiger partial charge in [-0.15, -0.1) is 24.0 Å². The van der Waals surface area contributed by atoms with Gasteiger partial charge in [-0.3, -0.25) is 9.89 Å². The van der Waals surface area contributed by atoms with Crippen LogP contribution in [0.2, 0.25) is 0 Å². The third kappa shape index (κ3) is 8.27. The molecule has 0 aromatic carbocycles. The number of aliphatic imine (C=N–C) groups is 1. The number of likely N-dealkylation sites (tertiary alicyclic amines) is 1. The first-order chi connectivity index (χ1) is 12.1. The van der Waals surface area contributed by atoms with Crippen LogP contribution in [0.4, 0.5) is 0 Å². The molecule has 2 atom stereocenters. The summed E-state index contributed by atoms with van der Waals surface area (Å²) in [7, 11) is 2.22. The quantitative estimate of drug-likeness (QED) is 0.316. The summed E-state index contributed by atoms with van der Waals surface area (Å²) < 4.78 is 5.52. The Morgan fingerprint density at radius 3 is 2.50 bits per heavy atom. The van der Waals surface area contributed by atoms with Crippen LogP contribution in [0, 0.1) is 5.92 Å². The highest BCUT2D eigenvalue weighted by molar-refractivity contribution is 14.0. The molecule has 26 heavy (non-hydrogen) atoms. The van der Waals surface area contributed by atoms with Crippen LogP contribution in [-0.4, -0.2) is 87.4 Å². The zero-order valence-corrected chi connectivity index (χ0v) is 19.5. The molecule has 0 radical (unpaired) electrons. The van der Waals surface area contributed by atoms with E-state index in [2.05, 4.69) is 48.3 Å². The van der Waals surface area contributed by atoms with Crippen molar-refractivity contribution in [1.82, 2.24) is 20.4 Å². The molecule has 2 rings (SSSR count). The van der Waals surface area contributed by atoms with Gasteiger partial charge in [-0.25, -0.2) is 0 Å². The van der Waals surface area contributed by atoms with E-state index in [1.807, 2.05) is 0 Å². The summed E-state index contributed by atoms with van der Waals surface area (Å²) in [5.74, 6) is 1.65. The molecule has 2 saturated heterocycles. The van der Waals surface area contributed by atoms with E-state index in [4.69, 9.17) is 9.73 Å². The van der Waals surface area contributed by atoms with E-state index in [-0.39, 0.29) is 24.0 Å². The fourth-order valence-corrected chi connectivity index (χ4v) is 3.82. The van der Waals surface area contributed by atoms with E-state index in [0.29, 0.717) is 18.0 Å². The van der Waals surface area contributed by atoms with Crippen molar-refractivity contribution in [3.8, 4) is 0 Å². The first kappa shape index (κ1) is 23.9. The maximum atomic E-state index is 5.52. The zero-order valence-electron chi connectivity index (χ0n) is 17.2. The second-order valence-electron chi connectivity index (χ2n) is 7.81. The number of nitrogens with one attached hydrogen (secondary N) is 2. The van der Waals surface area contributed by atoms with E-state index in [0.717, 1.165) is 51.9 Å². The van der Waals surface area contributed by atoms with Gasteiger partial charge in [-0.05, 0) is 45.7 Å². The van der Waals surface area contributed by atoms with Crippen molar-refractivity contribution >= 4 is 29.9 Å². The number of halogens is 1. The molecule has 2 aliphatic rings. The van der Waals surface area contributed by atoms with Crippen molar-refractivity contribution in [2.24, 2.45) is 10.9 Å². The molecule has 2 aliphatic heterocycles. The fraction of sp³-hybridized carbons (Fsp3) is 0.947.